The van der Waals surface area contributed by atoms with Crippen molar-refractivity contribution in [1.82, 2.24) is 5.32 Å². The van der Waals surface area contributed by atoms with Gasteiger partial charge in [-0.1, -0.05) is 12.1 Å². The van der Waals surface area contributed by atoms with E-state index in [0.29, 0.717) is 0 Å². The van der Waals surface area contributed by atoms with Crippen LogP contribution in [0.5, 0.6) is 0 Å². The number of benzene rings is 1. The van der Waals surface area contributed by atoms with E-state index in [4.69, 9.17) is 4.74 Å². The number of hydrogen-bond acceptors (Lipinski definition) is 3. The van der Waals surface area contributed by atoms with Gasteiger partial charge in [-0.05, 0) is 42.4 Å². The first-order valence-corrected chi connectivity index (χ1v) is 7.65. The van der Waals surface area contributed by atoms with Gasteiger partial charge in [0.15, 0.2) is 0 Å². The molecule has 1 atom stereocenters. The first-order valence-electron chi connectivity index (χ1n) is 7.65. The molecule has 1 unspecified atom stereocenters. The third kappa shape index (κ3) is 2.05. The second-order valence-electron chi connectivity index (χ2n) is 5.95. The highest BCUT2D eigenvalue weighted by Crippen LogP contribution is 2.37. The Bertz CT molecular complexity index is 449. The maximum atomic E-state index is 5.92. The first-order chi connectivity index (χ1) is 9.42. The van der Waals surface area contributed by atoms with E-state index in [0.717, 1.165) is 19.7 Å². The fourth-order valence-corrected chi connectivity index (χ4v) is 3.80. The summed E-state index contributed by atoms with van der Waals surface area (Å²) in [5.41, 5.74) is 6.08. The molecule has 3 heterocycles. The quantitative estimate of drug-likeness (QED) is 0.834. The van der Waals surface area contributed by atoms with Crippen LogP contribution >= 0.6 is 0 Å². The highest BCUT2D eigenvalue weighted by molar-refractivity contribution is 5.64. The summed E-state index contributed by atoms with van der Waals surface area (Å²) in [6.07, 6.45) is 5.35. The summed E-state index contributed by atoms with van der Waals surface area (Å²) in [6, 6.07) is 4.82. The summed E-state index contributed by atoms with van der Waals surface area (Å²) < 4.78 is 5.92. The molecule has 0 aliphatic carbocycles. The summed E-state index contributed by atoms with van der Waals surface area (Å²) >= 11 is 0. The van der Waals surface area contributed by atoms with Crippen molar-refractivity contribution < 1.29 is 4.74 Å². The molecule has 3 nitrogen and oxygen atoms in total. The molecule has 1 aromatic rings. The number of rotatable bonds is 1. The third-order valence-corrected chi connectivity index (χ3v) is 4.65. The van der Waals surface area contributed by atoms with Crippen LogP contribution in [0.3, 0.4) is 0 Å². The van der Waals surface area contributed by atoms with E-state index in [1.54, 1.807) is 16.8 Å². The largest absolute Gasteiger partial charge is 0.371 e. The van der Waals surface area contributed by atoms with Gasteiger partial charge >= 0.3 is 0 Å². The van der Waals surface area contributed by atoms with E-state index in [-0.39, 0.29) is 6.10 Å². The van der Waals surface area contributed by atoms with E-state index >= 15 is 0 Å². The summed E-state index contributed by atoms with van der Waals surface area (Å²) in [5, 5.41) is 3.44. The molecule has 0 aromatic heterocycles. The second-order valence-corrected chi connectivity index (χ2v) is 5.95. The van der Waals surface area contributed by atoms with Gasteiger partial charge < -0.3 is 15.0 Å². The van der Waals surface area contributed by atoms with Crippen LogP contribution in [-0.4, -0.2) is 32.8 Å². The van der Waals surface area contributed by atoms with E-state index in [1.165, 1.54) is 44.3 Å². The van der Waals surface area contributed by atoms with Crippen LogP contribution in [-0.2, 0) is 17.6 Å². The van der Waals surface area contributed by atoms with Crippen LogP contribution in [0.4, 0.5) is 5.69 Å². The molecule has 4 rings (SSSR count). The zero-order valence-corrected chi connectivity index (χ0v) is 11.5. The minimum absolute atomic E-state index is 0.257. The predicted molar refractivity (Wildman–Crippen MR) is 76.9 cm³/mol. The Morgan fingerprint density at radius 2 is 1.84 bits per heavy atom. The molecule has 0 amide bonds. The minimum Gasteiger partial charge on any atom is -0.371 e. The van der Waals surface area contributed by atoms with Crippen LogP contribution < -0.4 is 10.2 Å². The molecule has 3 aliphatic rings. The number of nitrogens with zero attached hydrogens (tertiary/aromatic N) is 1. The van der Waals surface area contributed by atoms with Crippen molar-refractivity contribution in [2.45, 2.75) is 31.8 Å². The van der Waals surface area contributed by atoms with Crippen molar-refractivity contribution in [3.63, 3.8) is 0 Å². The molecule has 102 valence electrons. The van der Waals surface area contributed by atoms with Crippen LogP contribution in [0.15, 0.2) is 12.1 Å². The van der Waals surface area contributed by atoms with Crippen molar-refractivity contribution in [3.05, 3.63) is 28.8 Å². The first kappa shape index (κ1) is 11.7. The number of morpholine rings is 1. The number of nitrogens with one attached hydrogen (secondary N) is 1. The molecule has 3 heteroatoms. The zero-order valence-electron chi connectivity index (χ0n) is 11.5. The second kappa shape index (κ2) is 4.80. The molecule has 1 fully saturated rings. The lowest BCUT2D eigenvalue weighted by atomic mass is 9.89. The van der Waals surface area contributed by atoms with E-state index < -0.39 is 0 Å². The molecule has 19 heavy (non-hydrogen) atoms. The average molecular weight is 258 g/mol. The van der Waals surface area contributed by atoms with Gasteiger partial charge in [0.25, 0.3) is 0 Å². The fraction of sp³-hybridized carbons (Fsp3) is 0.625. The van der Waals surface area contributed by atoms with E-state index in [1.807, 2.05) is 0 Å². The van der Waals surface area contributed by atoms with Gasteiger partial charge in [0.1, 0.15) is 0 Å². The number of aryl methyl sites for hydroxylation is 2. The Morgan fingerprint density at radius 3 is 2.47 bits per heavy atom. The predicted octanol–water partition coefficient (Wildman–Crippen LogP) is 2.05. The molecular formula is C16H22N2O. The molecular weight excluding hydrogens is 236 g/mol. The molecule has 0 saturated carbocycles. The summed E-state index contributed by atoms with van der Waals surface area (Å²) in [6.45, 7) is 5.29. The zero-order chi connectivity index (χ0) is 12.7. The molecule has 1 saturated heterocycles. The molecule has 0 spiro atoms. The summed E-state index contributed by atoms with van der Waals surface area (Å²) in [4.78, 5) is 2.60. The SMILES string of the molecule is c1c(C2CNCCO2)cc2c3c1CCCN3CCC2. The third-order valence-electron chi connectivity index (χ3n) is 4.65. The van der Waals surface area contributed by atoms with Crippen LogP contribution in [0, 0.1) is 0 Å². The van der Waals surface area contributed by atoms with Gasteiger partial charge in [-0.2, -0.15) is 0 Å². The van der Waals surface area contributed by atoms with Gasteiger partial charge in [-0.25, -0.2) is 0 Å². The van der Waals surface area contributed by atoms with Crippen molar-refractivity contribution in [3.8, 4) is 0 Å². The maximum Gasteiger partial charge on any atom is 0.0950 e. The van der Waals surface area contributed by atoms with Crippen LogP contribution in [0.1, 0.15) is 35.6 Å². The van der Waals surface area contributed by atoms with Gasteiger partial charge in [0.2, 0.25) is 0 Å². The van der Waals surface area contributed by atoms with E-state index in [2.05, 4.69) is 22.3 Å². The Balaban J connectivity index is 1.74. The number of anilines is 1. The lowest BCUT2D eigenvalue weighted by Gasteiger charge is -2.38. The van der Waals surface area contributed by atoms with Crippen molar-refractivity contribution in [1.29, 1.82) is 0 Å². The lowest BCUT2D eigenvalue weighted by Crippen LogP contribution is -2.36. The van der Waals surface area contributed by atoms with Crippen molar-refractivity contribution in [2.75, 3.05) is 37.7 Å². The normalized spacial score (nSPS) is 26.1. The van der Waals surface area contributed by atoms with Crippen LogP contribution in [0.25, 0.3) is 0 Å². The summed E-state index contributed by atoms with van der Waals surface area (Å²) in [7, 11) is 0. The van der Waals surface area contributed by atoms with Crippen molar-refractivity contribution >= 4 is 5.69 Å². The minimum atomic E-state index is 0.257. The number of hydrogen-bond donors (Lipinski definition) is 1. The maximum absolute atomic E-state index is 5.92. The van der Waals surface area contributed by atoms with Gasteiger partial charge in [-0.3, -0.25) is 0 Å². The monoisotopic (exact) mass is 258 g/mol. The van der Waals surface area contributed by atoms with Crippen LogP contribution in [0.2, 0.25) is 0 Å². The highest BCUT2D eigenvalue weighted by atomic mass is 16.5. The molecule has 0 bridgehead atoms. The topological polar surface area (TPSA) is 24.5 Å². The van der Waals surface area contributed by atoms with Gasteiger partial charge in [-0.15, -0.1) is 0 Å². The highest BCUT2D eigenvalue weighted by Gasteiger charge is 2.26. The van der Waals surface area contributed by atoms with Gasteiger partial charge in [0, 0.05) is 31.9 Å². The standard InChI is InChI=1S/C16H22N2O/c1-3-12-9-14(15-11-17-5-8-19-15)10-13-4-2-7-18(6-1)16(12)13/h9-10,15,17H,1-8,11H2. The average Bonchev–Trinajstić information content (AvgIpc) is 2.49. The smallest absolute Gasteiger partial charge is 0.0950 e. The van der Waals surface area contributed by atoms with Crippen molar-refractivity contribution in [2.24, 2.45) is 0 Å². The molecule has 1 N–H and O–H groups in total. The van der Waals surface area contributed by atoms with E-state index in [9.17, 15) is 0 Å². The number of ether oxygens (including phenoxy) is 1. The molecule has 0 radical (unpaired) electrons. The Kier molecular flexibility index (Phi) is 2.97. The Hall–Kier alpha value is -1.06. The molecule has 3 aliphatic heterocycles. The fourth-order valence-electron chi connectivity index (χ4n) is 3.80. The molecule has 1 aromatic carbocycles. The lowest BCUT2D eigenvalue weighted by molar-refractivity contribution is 0.0276. The summed E-state index contributed by atoms with van der Waals surface area (Å²) in [5.74, 6) is 0. The Morgan fingerprint density at radius 1 is 1.11 bits per heavy atom. The van der Waals surface area contributed by atoms with Gasteiger partial charge in [0.05, 0.1) is 12.7 Å². The Labute approximate surface area is 114 Å².